The summed E-state index contributed by atoms with van der Waals surface area (Å²) in [6.07, 6.45) is 1.24. The molecule has 0 saturated heterocycles. The lowest BCUT2D eigenvalue weighted by Gasteiger charge is -1.92. The highest BCUT2D eigenvalue weighted by Crippen LogP contribution is 2.04. The molecule has 0 bridgehead atoms. The Labute approximate surface area is 71.8 Å². The highest BCUT2D eigenvalue weighted by atomic mass is 32.2. The number of hydrogen-bond donors (Lipinski definition) is 1. The van der Waals surface area contributed by atoms with E-state index in [0.29, 0.717) is 10.5 Å². The van der Waals surface area contributed by atoms with Gasteiger partial charge in [0, 0.05) is 0 Å². The van der Waals surface area contributed by atoms with Crippen molar-refractivity contribution in [3.63, 3.8) is 0 Å². The van der Waals surface area contributed by atoms with Crippen molar-refractivity contribution in [3.05, 3.63) is 35.4 Å². The molecule has 0 aliphatic carbocycles. The molecule has 1 aromatic carbocycles. The molecule has 12 heavy (non-hydrogen) atoms. The van der Waals surface area contributed by atoms with E-state index in [4.69, 9.17) is 10.1 Å². The molecule has 5 heteroatoms. The molecule has 1 unspecified atom stereocenters. The third-order valence-electron chi connectivity index (χ3n) is 1.29. The topological polar surface area (TPSA) is 73.7 Å². The van der Waals surface area contributed by atoms with E-state index in [2.05, 4.69) is 4.79 Å². The van der Waals surface area contributed by atoms with Crippen LogP contribution >= 0.6 is 0 Å². The van der Waals surface area contributed by atoms with Crippen LogP contribution < -0.4 is 0 Å². The second kappa shape index (κ2) is 3.92. The smallest absolute Gasteiger partial charge is 0.287 e. The lowest BCUT2D eigenvalue weighted by Crippen LogP contribution is -1.88. The molecule has 0 aromatic heterocycles. The second-order valence-electron chi connectivity index (χ2n) is 2.06. The molecular weight excluding hydrogens is 176 g/mol. The van der Waals surface area contributed by atoms with Crippen LogP contribution in [0.3, 0.4) is 0 Å². The molecule has 4 nitrogen and oxygen atoms in total. The monoisotopic (exact) mass is 182 g/mol. The Bertz CT molecular complexity index is 320. The summed E-state index contributed by atoms with van der Waals surface area (Å²) in [6.45, 7) is 0. The maximum Gasteiger partial charge on any atom is 0.287 e. The van der Waals surface area contributed by atoms with Crippen LogP contribution in [0.25, 0.3) is 5.53 Å². The maximum absolute atomic E-state index is 10.5. The van der Waals surface area contributed by atoms with Crippen molar-refractivity contribution < 1.29 is 13.6 Å². The third-order valence-corrected chi connectivity index (χ3v) is 1.96. The summed E-state index contributed by atoms with van der Waals surface area (Å²) in [5.74, 6) is 0. The van der Waals surface area contributed by atoms with E-state index in [1.807, 2.05) is 0 Å². The minimum atomic E-state index is -1.95. The van der Waals surface area contributed by atoms with Gasteiger partial charge in [-0.25, -0.2) is 4.21 Å². The second-order valence-corrected chi connectivity index (χ2v) is 3.03. The summed E-state index contributed by atoms with van der Waals surface area (Å²) < 4.78 is 19.1. The maximum atomic E-state index is 10.5. The molecule has 0 spiro atoms. The van der Waals surface area contributed by atoms with Crippen LogP contribution in [0.15, 0.2) is 29.2 Å². The standard InChI is InChI=1S/C7H6N2O2S/c8-9-5-6-1-3-7(4-2-6)12(10)11/h1-5H,(H,10,11). The molecule has 1 atom stereocenters. The van der Waals surface area contributed by atoms with Gasteiger partial charge in [0.15, 0.2) is 11.1 Å². The van der Waals surface area contributed by atoms with Crippen LogP contribution in [0, 0.1) is 0 Å². The van der Waals surface area contributed by atoms with Gasteiger partial charge in [-0.3, -0.25) is 0 Å². The van der Waals surface area contributed by atoms with Gasteiger partial charge in [-0.1, -0.05) is 0 Å². The van der Waals surface area contributed by atoms with Crippen molar-refractivity contribution in [2.75, 3.05) is 0 Å². The van der Waals surface area contributed by atoms with Crippen molar-refractivity contribution in [1.29, 1.82) is 0 Å². The van der Waals surface area contributed by atoms with Gasteiger partial charge in [-0.2, -0.15) is 4.79 Å². The Hall–Kier alpha value is -1.29. The van der Waals surface area contributed by atoms with Crippen LogP contribution in [0.4, 0.5) is 0 Å². The predicted molar refractivity (Wildman–Crippen MR) is 44.3 cm³/mol. The quantitative estimate of drug-likeness (QED) is 0.319. The lowest BCUT2D eigenvalue weighted by atomic mass is 10.2. The fourth-order valence-electron chi connectivity index (χ4n) is 0.737. The Morgan fingerprint density at radius 1 is 1.42 bits per heavy atom. The van der Waals surface area contributed by atoms with Gasteiger partial charge in [0.1, 0.15) is 0 Å². The molecular formula is C7H6N2O2S. The zero-order chi connectivity index (χ0) is 8.97. The van der Waals surface area contributed by atoms with Gasteiger partial charge in [-0.15, -0.1) is 0 Å². The first-order valence-corrected chi connectivity index (χ1v) is 4.23. The average molecular weight is 182 g/mol. The summed E-state index contributed by atoms with van der Waals surface area (Å²) in [6, 6.07) is 6.16. The van der Waals surface area contributed by atoms with Gasteiger partial charge >= 0.3 is 0 Å². The highest BCUT2D eigenvalue weighted by Gasteiger charge is 1.98. The molecule has 0 saturated carbocycles. The molecule has 0 heterocycles. The molecule has 0 aliphatic heterocycles. The Morgan fingerprint density at radius 2 is 2.00 bits per heavy atom. The fraction of sp³-hybridized carbons (Fsp3) is 0. The van der Waals surface area contributed by atoms with Crippen molar-refractivity contribution in [3.8, 4) is 0 Å². The van der Waals surface area contributed by atoms with Crippen LogP contribution in [0.5, 0.6) is 0 Å². The van der Waals surface area contributed by atoms with E-state index in [0.717, 1.165) is 0 Å². The number of nitrogens with zero attached hydrogens (tertiary/aromatic N) is 2. The normalized spacial score (nSPS) is 11.8. The van der Waals surface area contributed by atoms with Gasteiger partial charge in [0.05, 0.1) is 10.5 Å². The highest BCUT2D eigenvalue weighted by molar-refractivity contribution is 7.79. The van der Waals surface area contributed by atoms with E-state index >= 15 is 0 Å². The molecule has 0 amide bonds. The molecule has 0 radical (unpaired) electrons. The molecule has 1 aromatic rings. The summed E-state index contributed by atoms with van der Waals surface area (Å²) in [5.41, 5.74) is 8.83. The first-order valence-electron chi connectivity index (χ1n) is 3.12. The predicted octanol–water partition coefficient (Wildman–Crippen LogP) is 0.916. The Kier molecular flexibility index (Phi) is 2.88. The van der Waals surface area contributed by atoms with E-state index in [9.17, 15) is 4.21 Å². The van der Waals surface area contributed by atoms with Crippen molar-refractivity contribution in [2.45, 2.75) is 4.90 Å². The summed E-state index contributed by atoms with van der Waals surface area (Å²) in [4.78, 5) is 3.14. The van der Waals surface area contributed by atoms with E-state index in [1.165, 1.54) is 18.3 Å². The largest absolute Gasteiger partial charge is 0.361 e. The van der Waals surface area contributed by atoms with Crippen LogP contribution in [-0.2, 0) is 11.1 Å². The first kappa shape index (κ1) is 8.80. The fourth-order valence-corrected chi connectivity index (χ4v) is 1.11. The van der Waals surface area contributed by atoms with Gasteiger partial charge in [-0.05, 0) is 24.3 Å². The van der Waals surface area contributed by atoms with Gasteiger partial charge in [0.25, 0.3) is 6.21 Å². The Balaban J connectivity index is 3.00. The van der Waals surface area contributed by atoms with E-state index in [-0.39, 0.29) is 0 Å². The van der Waals surface area contributed by atoms with Crippen LogP contribution in [0.1, 0.15) is 5.56 Å². The van der Waals surface area contributed by atoms with Gasteiger partial charge in [0.2, 0.25) is 0 Å². The zero-order valence-electron chi connectivity index (χ0n) is 6.04. The molecule has 1 rings (SSSR count). The van der Waals surface area contributed by atoms with Crippen molar-refractivity contribution >= 4 is 17.3 Å². The van der Waals surface area contributed by atoms with E-state index < -0.39 is 11.1 Å². The molecule has 0 aliphatic rings. The van der Waals surface area contributed by atoms with Crippen molar-refractivity contribution in [2.24, 2.45) is 0 Å². The SMILES string of the molecule is [N-]=[N+]=Cc1ccc(S(=O)O)cc1. The molecule has 62 valence electrons. The van der Waals surface area contributed by atoms with Gasteiger partial charge < -0.3 is 10.1 Å². The van der Waals surface area contributed by atoms with E-state index in [1.54, 1.807) is 12.1 Å². The Morgan fingerprint density at radius 3 is 2.42 bits per heavy atom. The minimum absolute atomic E-state index is 0.324. The number of rotatable bonds is 2. The van der Waals surface area contributed by atoms with Crippen LogP contribution in [0.2, 0.25) is 0 Å². The minimum Gasteiger partial charge on any atom is -0.361 e. The average Bonchev–Trinajstić information content (AvgIpc) is 2.06. The zero-order valence-corrected chi connectivity index (χ0v) is 6.86. The summed E-state index contributed by atoms with van der Waals surface area (Å²) in [5, 5.41) is 0. The van der Waals surface area contributed by atoms with Crippen molar-refractivity contribution in [1.82, 2.24) is 0 Å². The third kappa shape index (κ3) is 2.10. The molecule has 0 fully saturated rings. The summed E-state index contributed by atoms with van der Waals surface area (Å²) >= 11 is -1.95. The number of hydrogen-bond acceptors (Lipinski definition) is 1. The lowest BCUT2D eigenvalue weighted by molar-refractivity contribution is 0.00456. The number of benzene rings is 1. The molecule has 1 N–H and O–H groups in total. The first-order chi connectivity index (χ1) is 5.74. The summed E-state index contributed by atoms with van der Waals surface area (Å²) in [7, 11) is 0. The van der Waals surface area contributed by atoms with Crippen LogP contribution in [-0.4, -0.2) is 19.8 Å².